The summed E-state index contributed by atoms with van der Waals surface area (Å²) in [6.07, 6.45) is 3.27. The second-order valence-electron chi connectivity index (χ2n) is 6.31. The molecule has 5 nitrogen and oxygen atoms in total. The highest BCUT2D eigenvalue weighted by Gasteiger charge is 2.16. The molecule has 138 valence electrons. The zero-order chi connectivity index (χ0) is 18.2. The lowest BCUT2D eigenvalue weighted by Gasteiger charge is -2.13. The van der Waals surface area contributed by atoms with Crippen molar-refractivity contribution in [3.63, 3.8) is 0 Å². The molecule has 5 heteroatoms. The van der Waals surface area contributed by atoms with E-state index in [9.17, 15) is 4.79 Å². The number of hydrogen-bond acceptors (Lipinski definition) is 4. The quantitative estimate of drug-likeness (QED) is 0.782. The smallest absolute Gasteiger partial charge is 0.262 e. The van der Waals surface area contributed by atoms with E-state index >= 15 is 0 Å². The summed E-state index contributed by atoms with van der Waals surface area (Å²) in [7, 11) is 0. The number of rotatable bonds is 8. The van der Waals surface area contributed by atoms with E-state index in [2.05, 4.69) is 12.2 Å². The van der Waals surface area contributed by atoms with Gasteiger partial charge in [0.15, 0.2) is 6.61 Å². The highest BCUT2D eigenvalue weighted by Crippen LogP contribution is 2.20. The molecule has 1 aliphatic heterocycles. The molecule has 0 unspecified atom stereocenters. The maximum atomic E-state index is 12.1. The lowest BCUT2D eigenvalue weighted by atomic mass is 10.2. The highest BCUT2D eigenvalue weighted by atomic mass is 16.5. The van der Waals surface area contributed by atoms with Crippen LogP contribution in [0.15, 0.2) is 48.5 Å². The summed E-state index contributed by atoms with van der Waals surface area (Å²) in [5, 5.41) is 2.83. The van der Waals surface area contributed by atoms with E-state index in [-0.39, 0.29) is 18.6 Å². The van der Waals surface area contributed by atoms with Crippen LogP contribution in [0.3, 0.4) is 0 Å². The van der Waals surface area contributed by atoms with E-state index in [1.165, 1.54) is 5.56 Å². The van der Waals surface area contributed by atoms with Crippen molar-refractivity contribution in [2.75, 3.05) is 25.1 Å². The Balaban J connectivity index is 1.46. The molecule has 0 bridgehead atoms. The van der Waals surface area contributed by atoms with Crippen molar-refractivity contribution < 1.29 is 19.0 Å². The van der Waals surface area contributed by atoms with E-state index in [4.69, 9.17) is 14.2 Å². The van der Waals surface area contributed by atoms with Crippen molar-refractivity contribution in [1.29, 1.82) is 0 Å². The SMILES string of the molecule is CCc1ccc(OCC(=O)Nc2cccc(OC[C@@H]3CCCO3)c2)cc1. The van der Waals surface area contributed by atoms with Crippen molar-refractivity contribution >= 4 is 11.6 Å². The van der Waals surface area contributed by atoms with Gasteiger partial charge in [-0.3, -0.25) is 4.79 Å². The molecule has 0 aromatic heterocycles. The fraction of sp³-hybridized carbons (Fsp3) is 0.381. The molecule has 0 saturated carbocycles. The molecule has 3 rings (SSSR count). The maximum absolute atomic E-state index is 12.1. The number of amides is 1. The van der Waals surface area contributed by atoms with E-state index in [0.29, 0.717) is 18.0 Å². The highest BCUT2D eigenvalue weighted by molar-refractivity contribution is 5.92. The van der Waals surface area contributed by atoms with Crippen LogP contribution >= 0.6 is 0 Å². The van der Waals surface area contributed by atoms with Gasteiger partial charge in [-0.1, -0.05) is 25.1 Å². The average molecular weight is 355 g/mol. The Kier molecular flexibility index (Phi) is 6.50. The predicted octanol–water partition coefficient (Wildman–Crippen LogP) is 3.82. The largest absolute Gasteiger partial charge is 0.491 e. The van der Waals surface area contributed by atoms with Crippen LogP contribution in [-0.4, -0.2) is 31.8 Å². The predicted molar refractivity (Wildman–Crippen MR) is 101 cm³/mol. The van der Waals surface area contributed by atoms with Gasteiger partial charge in [-0.25, -0.2) is 0 Å². The van der Waals surface area contributed by atoms with Gasteiger partial charge in [0.1, 0.15) is 18.1 Å². The maximum Gasteiger partial charge on any atom is 0.262 e. The van der Waals surface area contributed by atoms with Crippen molar-refractivity contribution in [3.8, 4) is 11.5 Å². The number of anilines is 1. The van der Waals surface area contributed by atoms with E-state index in [0.717, 1.165) is 31.6 Å². The second-order valence-corrected chi connectivity index (χ2v) is 6.31. The van der Waals surface area contributed by atoms with Gasteiger partial charge in [0.2, 0.25) is 0 Å². The van der Waals surface area contributed by atoms with Crippen molar-refractivity contribution in [2.24, 2.45) is 0 Å². The number of carbonyl (C=O) groups excluding carboxylic acids is 1. The fourth-order valence-corrected chi connectivity index (χ4v) is 2.80. The first-order valence-corrected chi connectivity index (χ1v) is 9.09. The lowest BCUT2D eigenvalue weighted by molar-refractivity contribution is -0.118. The lowest BCUT2D eigenvalue weighted by Crippen LogP contribution is -2.20. The Morgan fingerprint density at radius 3 is 2.73 bits per heavy atom. The third-order valence-electron chi connectivity index (χ3n) is 4.28. The molecule has 1 atom stereocenters. The zero-order valence-electron chi connectivity index (χ0n) is 15.1. The molecule has 0 spiro atoms. The van der Waals surface area contributed by atoms with Crippen LogP contribution in [-0.2, 0) is 16.0 Å². The van der Waals surface area contributed by atoms with E-state index in [1.54, 1.807) is 0 Å². The Morgan fingerprint density at radius 2 is 2.00 bits per heavy atom. The average Bonchev–Trinajstić information content (AvgIpc) is 3.19. The summed E-state index contributed by atoms with van der Waals surface area (Å²) in [5.74, 6) is 1.20. The monoisotopic (exact) mass is 355 g/mol. The summed E-state index contributed by atoms with van der Waals surface area (Å²) in [5.41, 5.74) is 1.92. The Morgan fingerprint density at radius 1 is 1.15 bits per heavy atom. The molecular formula is C21H25NO4. The van der Waals surface area contributed by atoms with Crippen LogP contribution < -0.4 is 14.8 Å². The zero-order valence-corrected chi connectivity index (χ0v) is 15.1. The molecule has 1 N–H and O–H groups in total. The van der Waals surface area contributed by atoms with Crippen LogP contribution in [0.2, 0.25) is 0 Å². The minimum atomic E-state index is -0.208. The summed E-state index contributed by atoms with van der Waals surface area (Å²) >= 11 is 0. The van der Waals surface area contributed by atoms with Crippen LogP contribution in [0.1, 0.15) is 25.3 Å². The van der Waals surface area contributed by atoms with Gasteiger partial charge in [-0.05, 0) is 49.1 Å². The molecule has 1 heterocycles. The second kappa shape index (κ2) is 9.25. The third kappa shape index (κ3) is 5.49. The number of benzene rings is 2. The minimum absolute atomic E-state index is 0.0352. The molecule has 0 radical (unpaired) electrons. The Bertz CT molecular complexity index is 708. The molecule has 1 aliphatic rings. The van der Waals surface area contributed by atoms with E-state index in [1.807, 2.05) is 48.5 Å². The van der Waals surface area contributed by atoms with Gasteiger partial charge in [-0.15, -0.1) is 0 Å². The standard InChI is InChI=1S/C21H25NO4/c1-2-16-8-10-18(11-9-16)26-15-21(23)22-17-5-3-6-19(13-17)25-14-20-7-4-12-24-20/h3,5-6,8-11,13,20H,2,4,7,12,14-15H2,1H3,(H,22,23)/t20-/m0/s1. The first-order valence-electron chi connectivity index (χ1n) is 9.09. The molecular weight excluding hydrogens is 330 g/mol. The summed E-state index contributed by atoms with van der Waals surface area (Å²) in [6.45, 7) is 3.41. The fourth-order valence-electron chi connectivity index (χ4n) is 2.80. The van der Waals surface area contributed by atoms with Crippen molar-refractivity contribution in [3.05, 3.63) is 54.1 Å². The van der Waals surface area contributed by atoms with Crippen LogP contribution in [0.4, 0.5) is 5.69 Å². The van der Waals surface area contributed by atoms with Gasteiger partial charge in [0.05, 0.1) is 6.10 Å². The number of carbonyl (C=O) groups is 1. The van der Waals surface area contributed by atoms with Crippen molar-refractivity contribution in [2.45, 2.75) is 32.3 Å². The first-order chi connectivity index (χ1) is 12.7. The molecule has 2 aromatic rings. The summed E-state index contributed by atoms with van der Waals surface area (Å²) < 4.78 is 16.8. The number of nitrogens with one attached hydrogen (secondary N) is 1. The van der Waals surface area contributed by atoms with Crippen LogP contribution in [0.25, 0.3) is 0 Å². The summed E-state index contributed by atoms with van der Waals surface area (Å²) in [6, 6.07) is 15.1. The van der Waals surface area contributed by atoms with Crippen molar-refractivity contribution in [1.82, 2.24) is 0 Å². The third-order valence-corrected chi connectivity index (χ3v) is 4.28. The molecule has 1 amide bonds. The van der Waals surface area contributed by atoms with Gasteiger partial charge >= 0.3 is 0 Å². The summed E-state index contributed by atoms with van der Waals surface area (Å²) in [4.78, 5) is 12.1. The van der Waals surface area contributed by atoms with Gasteiger partial charge < -0.3 is 19.5 Å². The van der Waals surface area contributed by atoms with Gasteiger partial charge in [0.25, 0.3) is 5.91 Å². The van der Waals surface area contributed by atoms with Gasteiger partial charge in [0, 0.05) is 18.4 Å². The Hall–Kier alpha value is -2.53. The normalized spacial score (nSPS) is 16.3. The van der Waals surface area contributed by atoms with Crippen LogP contribution in [0, 0.1) is 0 Å². The number of ether oxygens (including phenoxy) is 3. The topological polar surface area (TPSA) is 56.8 Å². The molecule has 2 aromatic carbocycles. The minimum Gasteiger partial charge on any atom is -0.491 e. The molecule has 1 fully saturated rings. The Labute approximate surface area is 154 Å². The number of aryl methyl sites for hydroxylation is 1. The van der Waals surface area contributed by atoms with Gasteiger partial charge in [-0.2, -0.15) is 0 Å². The molecule has 26 heavy (non-hydrogen) atoms. The van der Waals surface area contributed by atoms with E-state index < -0.39 is 0 Å². The molecule has 1 saturated heterocycles. The number of hydrogen-bond donors (Lipinski definition) is 1. The molecule has 0 aliphatic carbocycles. The first kappa shape index (κ1) is 18.3. The van der Waals surface area contributed by atoms with Crippen LogP contribution in [0.5, 0.6) is 11.5 Å².